The van der Waals surface area contributed by atoms with Crippen molar-refractivity contribution in [3.05, 3.63) is 58.6 Å². The number of carbonyl (C=O) groups excluding carboxylic acids is 3. The molecule has 2 aromatic rings. The maximum absolute atomic E-state index is 12.6. The van der Waals surface area contributed by atoms with E-state index in [1.807, 2.05) is 12.1 Å². The minimum atomic E-state index is -0.461. The molecule has 30 heavy (non-hydrogen) atoms. The molecule has 3 rings (SSSR count). The number of nitrogens with zero attached hydrogens (tertiary/aromatic N) is 1. The zero-order chi connectivity index (χ0) is 21.5. The summed E-state index contributed by atoms with van der Waals surface area (Å²) in [5.41, 5.74) is 1.30. The Balaban J connectivity index is 1.47. The number of methoxy groups -OCH3 is 1. The molecule has 8 heteroatoms. The van der Waals surface area contributed by atoms with Crippen LogP contribution in [-0.4, -0.2) is 49.5 Å². The molecule has 0 radical (unpaired) electrons. The standard InChI is InChI=1S/C22H23BrN2O5/c1-29-20(26)14-30-19-8-6-18(7-9-19)24-21(27)15-10-12-25(13-11-15)22(28)16-2-4-17(23)5-3-16/h2-9,15H,10-14H2,1H3,(H,24,27). The van der Waals surface area contributed by atoms with Gasteiger partial charge in [-0.1, -0.05) is 15.9 Å². The van der Waals surface area contributed by atoms with Crippen molar-refractivity contribution < 1.29 is 23.9 Å². The number of likely N-dealkylation sites (tertiary alicyclic amines) is 1. The van der Waals surface area contributed by atoms with Crippen LogP contribution in [0.5, 0.6) is 5.75 Å². The van der Waals surface area contributed by atoms with Crippen LogP contribution in [0.2, 0.25) is 0 Å². The molecule has 0 saturated carbocycles. The minimum absolute atomic E-state index is 0.0103. The second-order valence-corrected chi connectivity index (χ2v) is 7.87. The Morgan fingerprint density at radius 1 is 1.03 bits per heavy atom. The van der Waals surface area contributed by atoms with Crippen molar-refractivity contribution in [1.82, 2.24) is 4.90 Å². The zero-order valence-corrected chi connectivity index (χ0v) is 18.2. The van der Waals surface area contributed by atoms with Gasteiger partial charge in [0.1, 0.15) is 5.75 Å². The molecule has 0 atom stereocenters. The van der Waals surface area contributed by atoms with Gasteiger partial charge in [0.2, 0.25) is 5.91 Å². The summed E-state index contributed by atoms with van der Waals surface area (Å²) in [6.07, 6.45) is 1.24. The fraction of sp³-hybridized carbons (Fsp3) is 0.318. The zero-order valence-electron chi connectivity index (χ0n) is 16.6. The van der Waals surface area contributed by atoms with Gasteiger partial charge in [-0.3, -0.25) is 9.59 Å². The number of piperidine rings is 1. The molecule has 1 saturated heterocycles. The van der Waals surface area contributed by atoms with Gasteiger partial charge in [0.05, 0.1) is 7.11 Å². The minimum Gasteiger partial charge on any atom is -0.482 e. The second kappa shape index (κ2) is 10.2. The van der Waals surface area contributed by atoms with Crippen LogP contribution < -0.4 is 10.1 Å². The van der Waals surface area contributed by atoms with Gasteiger partial charge < -0.3 is 19.7 Å². The second-order valence-electron chi connectivity index (χ2n) is 6.95. The molecule has 1 aliphatic rings. The summed E-state index contributed by atoms with van der Waals surface area (Å²) in [4.78, 5) is 38.1. The summed E-state index contributed by atoms with van der Waals surface area (Å²) in [7, 11) is 1.30. The van der Waals surface area contributed by atoms with Gasteiger partial charge >= 0.3 is 5.97 Å². The highest BCUT2D eigenvalue weighted by atomic mass is 79.9. The van der Waals surface area contributed by atoms with Crippen molar-refractivity contribution in [3.8, 4) is 5.75 Å². The Labute approximate surface area is 183 Å². The Morgan fingerprint density at radius 3 is 2.27 bits per heavy atom. The number of halogens is 1. The number of hydrogen-bond acceptors (Lipinski definition) is 5. The first-order valence-corrected chi connectivity index (χ1v) is 10.4. The molecule has 1 heterocycles. The number of hydrogen-bond donors (Lipinski definition) is 1. The first kappa shape index (κ1) is 21.8. The predicted octanol–water partition coefficient (Wildman–Crippen LogP) is 3.49. The average molecular weight is 475 g/mol. The van der Waals surface area contributed by atoms with Gasteiger partial charge in [0.25, 0.3) is 5.91 Å². The maximum atomic E-state index is 12.6. The van der Waals surface area contributed by atoms with E-state index in [0.717, 1.165) is 4.47 Å². The van der Waals surface area contributed by atoms with Crippen molar-refractivity contribution in [1.29, 1.82) is 0 Å². The molecule has 1 N–H and O–H groups in total. The normalized spacial score (nSPS) is 14.1. The summed E-state index contributed by atoms with van der Waals surface area (Å²) >= 11 is 3.37. The third-order valence-electron chi connectivity index (χ3n) is 4.95. The Kier molecular flexibility index (Phi) is 7.46. The first-order chi connectivity index (χ1) is 14.5. The Hall–Kier alpha value is -2.87. The van der Waals surface area contributed by atoms with E-state index in [1.54, 1.807) is 41.3 Å². The SMILES string of the molecule is COC(=O)COc1ccc(NC(=O)C2CCN(C(=O)c3ccc(Br)cc3)CC2)cc1. The van der Waals surface area contributed by atoms with E-state index < -0.39 is 5.97 Å². The number of esters is 1. The van der Waals surface area contributed by atoms with E-state index in [2.05, 4.69) is 26.0 Å². The molecule has 1 aliphatic heterocycles. The number of nitrogens with one attached hydrogen (secondary N) is 1. The topological polar surface area (TPSA) is 84.9 Å². The molecule has 2 amide bonds. The fourth-order valence-electron chi connectivity index (χ4n) is 3.20. The van der Waals surface area contributed by atoms with Gasteiger partial charge in [-0.15, -0.1) is 0 Å². The Bertz CT molecular complexity index is 891. The van der Waals surface area contributed by atoms with Crippen LogP contribution in [0.15, 0.2) is 53.0 Å². The van der Waals surface area contributed by atoms with E-state index in [-0.39, 0.29) is 24.3 Å². The molecule has 158 valence electrons. The highest BCUT2D eigenvalue weighted by Crippen LogP contribution is 2.22. The molecule has 7 nitrogen and oxygen atoms in total. The van der Waals surface area contributed by atoms with Crippen LogP contribution in [-0.2, 0) is 14.3 Å². The summed E-state index contributed by atoms with van der Waals surface area (Å²) in [6, 6.07) is 14.1. The quantitative estimate of drug-likeness (QED) is 0.647. The summed E-state index contributed by atoms with van der Waals surface area (Å²) < 4.78 is 10.7. The number of amides is 2. The van der Waals surface area contributed by atoms with Crippen LogP contribution in [0.4, 0.5) is 5.69 Å². The van der Waals surface area contributed by atoms with Gasteiger partial charge in [-0.2, -0.15) is 0 Å². The van der Waals surface area contributed by atoms with E-state index in [1.165, 1.54) is 7.11 Å². The van der Waals surface area contributed by atoms with Crippen LogP contribution in [0.1, 0.15) is 23.2 Å². The summed E-state index contributed by atoms with van der Waals surface area (Å²) in [5, 5.41) is 2.90. The Morgan fingerprint density at radius 2 is 1.67 bits per heavy atom. The lowest BCUT2D eigenvalue weighted by molar-refractivity contribution is -0.142. The third-order valence-corrected chi connectivity index (χ3v) is 5.48. The maximum Gasteiger partial charge on any atom is 0.343 e. The van der Waals surface area contributed by atoms with Crippen LogP contribution >= 0.6 is 15.9 Å². The highest BCUT2D eigenvalue weighted by molar-refractivity contribution is 9.10. The molecular formula is C22H23BrN2O5. The largest absolute Gasteiger partial charge is 0.482 e. The highest BCUT2D eigenvalue weighted by Gasteiger charge is 2.27. The van der Waals surface area contributed by atoms with E-state index >= 15 is 0 Å². The lowest BCUT2D eigenvalue weighted by Crippen LogP contribution is -2.41. The molecule has 2 aromatic carbocycles. The fourth-order valence-corrected chi connectivity index (χ4v) is 3.46. The summed E-state index contributed by atoms with van der Waals surface area (Å²) in [6.45, 7) is 0.931. The van der Waals surface area contributed by atoms with E-state index in [9.17, 15) is 14.4 Å². The van der Waals surface area contributed by atoms with E-state index in [0.29, 0.717) is 42.9 Å². The van der Waals surface area contributed by atoms with Crippen molar-refractivity contribution in [2.75, 3.05) is 32.1 Å². The molecule has 0 aromatic heterocycles. The lowest BCUT2D eigenvalue weighted by atomic mass is 9.95. The van der Waals surface area contributed by atoms with Crippen LogP contribution in [0.3, 0.4) is 0 Å². The number of carbonyl (C=O) groups is 3. The summed E-state index contributed by atoms with van der Waals surface area (Å²) in [5.74, 6) is -0.164. The number of anilines is 1. The van der Waals surface area contributed by atoms with Gasteiger partial charge in [0, 0.05) is 34.7 Å². The van der Waals surface area contributed by atoms with Crippen molar-refractivity contribution in [2.24, 2.45) is 5.92 Å². The molecular weight excluding hydrogens is 452 g/mol. The number of benzene rings is 2. The third kappa shape index (κ3) is 5.82. The van der Waals surface area contributed by atoms with E-state index in [4.69, 9.17) is 4.74 Å². The average Bonchev–Trinajstić information content (AvgIpc) is 2.78. The van der Waals surface area contributed by atoms with Crippen LogP contribution in [0, 0.1) is 5.92 Å². The smallest absolute Gasteiger partial charge is 0.343 e. The number of rotatable bonds is 6. The monoisotopic (exact) mass is 474 g/mol. The molecule has 1 fully saturated rings. The van der Waals surface area contributed by atoms with Gasteiger partial charge in [-0.05, 0) is 61.4 Å². The van der Waals surface area contributed by atoms with Gasteiger partial charge in [0.15, 0.2) is 6.61 Å². The van der Waals surface area contributed by atoms with Gasteiger partial charge in [-0.25, -0.2) is 4.79 Å². The van der Waals surface area contributed by atoms with Crippen LogP contribution in [0.25, 0.3) is 0 Å². The molecule has 0 bridgehead atoms. The predicted molar refractivity (Wildman–Crippen MR) is 115 cm³/mol. The number of ether oxygens (including phenoxy) is 2. The molecule has 0 spiro atoms. The lowest BCUT2D eigenvalue weighted by Gasteiger charge is -2.31. The van der Waals surface area contributed by atoms with Crippen molar-refractivity contribution in [3.63, 3.8) is 0 Å². The van der Waals surface area contributed by atoms with Crippen molar-refractivity contribution in [2.45, 2.75) is 12.8 Å². The van der Waals surface area contributed by atoms with Crippen molar-refractivity contribution >= 4 is 39.4 Å². The molecule has 0 unspecified atom stereocenters. The molecule has 0 aliphatic carbocycles. The first-order valence-electron chi connectivity index (χ1n) is 9.61.